The molecular weight excluding hydrogens is 696 g/mol. The van der Waals surface area contributed by atoms with Gasteiger partial charge in [-0.25, -0.2) is 14.4 Å². The maximum atomic E-state index is 13.5. The molecule has 0 bridgehead atoms. The molecule has 1 aromatic carbocycles. The third kappa shape index (κ3) is 13.5. The summed E-state index contributed by atoms with van der Waals surface area (Å²) >= 11 is 0.752. The quantitative estimate of drug-likeness (QED) is 0.0247. The molecule has 0 aromatic heterocycles. The Morgan fingerprint density at radius 1 is 0.885 bits per heavy atom. The van der Waals surface area contributed by atoms with Gasteiger partial charge in [-0.05, 0) is 51.9 Å². The van der Waals surface area contributed by atoms with Crippen molar-refractivity contribution < 1.29 is 53.6 Å². The summed E-state index contributed by atoms with van der Waals surface area (Å²) in [6.07, 6.45) is 9.63. The third-order valence-corrected chi connectivity index (χ3v) is 9.80. The van der Waals surface area contributed by atoms with Crippen molar-refractivity contribution in [2.45, 2.75) is 122 Å². The molecule has 2 atom stereocenters. The highest BCUT2D eigenvalue weighted by Gasteiger charge is 2.41. The molecule has 4 N–H and O–H groups in total. The Labute approximate surface area is 309 Å². The van der Waals surface area contributed by atoms with Gasteiger partial charge in [-0.2, -0.15) is 0 Å². The summed E-state index contributed by atoms with van der Waals surface area (Å²) in [4.78, 5) is 58.0. The van der Waals surface area contributed by atoms with Gasteiger partial charge in [0.15, 0.2) is 0 Å². The normalized spacial score (nSPS) is 15.4. The first-order chi connectivity index (χ1) is 24.8. The number of thioether (sulfide) groups is 1. The Hall–Kier alpha value is -4.11. The summed E-state index contributed by atoms with van der Waals surface area (Å²) < 4.78 is 17.0. The average molecular weight is 751 g/mol. The molecule has 1 aromatic rings. The third-order valence-electron chi connectivity index (χ3n) is 8.51. The minimum atomic E-state index is -2.30. The first kappa shape index (κ1) is 44.1. The molecule has 0 fully saturated rings. The van der Waals surface area contributed by atoms with E-state index in [1.165, 1.54) is 18.2 Å². The number of hydrogen-bond donors (Lipinski definition) is 4. The number of nitrogens with zero attached hydrogens (tertiary/aromatic N) is 1. The molecule has 1 aliphatic rings. The molecule has 52 heavy (non-hydrogen) atoms. The van der Waals surface area contributed by atoms with E-state index < -0.39 is 46.1 Å². The van der Waals surface area contributed by atoms with E-state index in [4.69, 9.17) is 24.4 Å². The number of carbonyl (C=O) groups is 4. The standard InChI is InChI=1S/C37H54N2O12S/c1-5-18-28-33(35(43)50-7-3)32(31(25(4)38-28)34(42)49-6-2)27-23-26(39(47)48)19-20-29(27)51-21-16-14-12-10-8-9-11-13-15-17-22-52-37(46,36(44)45)24-30(40)41/h19-20,23,32,38,46H,5-18,21-22,24H2,1-4H3,(H,40,41)(H,44,45). The van der Waals surface area contributed by atoms with E-state index in [2.05, 4.69) is 5.32 Å². The van der Waals surface area contributed by atoms with Crippen molar-refractivity contribution in [1.29, 1.82) is 0 Å². The molecule has 290 valence electrons. The van der Waals surface area contributed by atoms with Gasteiger partial charge < -0.3 is 34.8 Å². The van der Waals surface area contributed by atoms with E-state index in [-0.39, 0.29) is 30.0 Å². The van der Waals surface area contributed by atoms with Gasteiger partial charge in [-0.3, -0.25) is 14.9 Å². The van der Waals surface area contributed by atoms with Crippen molar-refractivity contribution in [1.82, 2.24) is 5.32 Å². The number of hydrogen-bond acceptors (Lipinski definition) is 12. The predicted molar refractivity (Wildman–Crippen MR) is 196 cm³/mol. The van der Waals surface area contributed by atoms with Crippen LogP contribution in [0.2, 0.25) is 0 Å². The number of aliphatic hydroxyl groups is 1. The van der Waals surface area contributed by atoms with E-state index in [1.807, 2.05) is 6.92 Å². The largest absolute Gasteiger partial charge is 0.493 e. The Balaban J connectivity index is 2.00. The fourth-order valence-corrected chi connectivity index (χ4v) is 7.06. The van der Waals surface area contributed by atoms with Gasteiger partial charge >= 0.3 is 23.9 Å². The van der Waals surface area contributed by atoms with Crippen LogP contribution in [0.5, 0.6) is 5.75 Å². The molecule has 0 radical (unpaired) electrons. The van der Waals surface area contributed by atoms with Crippen molar-refractivity contribution in [3.05, 3.63) is 56.4 Å². The van der Waals surface area contributed by atoms with Gasteiger partial charge in [0, 0.05) is 29.1 Å². The zero-order valence-corrected chi connectivity index (χ0v) is 31.5. The Morgan fingerprint density at radius 2 is 1.44 bits per heavy atom. The molecule has 2 unspecified atom stereocenters. The summed E-state index contributed by atoms with van der Waals surface area (Å²) in [5, 5.41) is 43.1. The fourth-order valence-electron chi connectivity index (χ4n) is 6.03. The van der Waals surface area contributed by atoms with Gasteiger partial charge in [-0.1, -0.05) is 64.7 Å². The number of allylic oxidation sites excluding steroid dienone is 2. The van der Waals surface area contributed by atoms with E-state index in [1.54, 1.807) is 20.8 Å². The summed E-state index contributed by atoms with van der Waals surface area (Å²) in [5.74, 6) is -4.50. The maximum absolute atomic E-state index is 13.5. The zero-order valence-electron chi connectivity index (χ0n) is 30.7. The average Bonchev–Trinajstić information content (AvgIpc) is 3.08. The number of nitrogens with one attached hydrogen (secondary N) is 1. The maximum Gasteiger partial charge on any atom is 0.347 e. The van der Waals surface area contributed by atoms with Crippen molar-refractivity contribution in [3.8, 4) is 5.75 Å². The number of rotatable bonds is 26. The highest BCUT2D eigenvalue weighted by atomic mass is 32.2. The van der Waals surface area contributed by atoms with Crippen LogP contribution < -0.4 is 10.1 Å². The number of nitro groups is 1. The van der Waals surface area contributed by atoms with Crippen molar-refractivity contribution in [2.75, 3.05) is 25.6 Å². The number of dihydropyridines is 1. The summed E-state index contributed by atoms with van der Waals surface area (Å²) in [5.41, 5.74) is 1.53. The van der Waals surface area contributed by atoms with Crippen LogP contribution in [-0.4, -0.2) is 74.6 Å². The lowest BCUT2D eigenvalue weighted by Crippen LogP contribution is -2.37. The number of benzene rings is 1. The number of ether oxygens (including phenoxy) is 3. The van der Waals surface area contributed by atoms with Crippen LogP contribution in [0.15, 0.2) is 40.7 Å². The van der Waals surface area contributed by atoms with E-state index in [0.717, 1.165) is 69.5 Å². The molecule has 14 nitrogen and oxygen atoms in total. The SMILES string of the molecule is CCCC1=C(C(=O)OCC)C(c2cc([N+](=O)[O-])ccc2OCCCCCCCCCCCCSC(O)(CC(=O)O)C(=O)O)C(C(=O)OCC)=C(C)N1. The highest BCUT2D eigenvalue weighted by Crippen LogP contribution is 2.45. The lowest BCUT2D eigenvalue weighted by molar-refractivity contribution is -0.385. The number of esters is 2. The number of non-ortho nitro benzene ring substituents is 1. The molecule has 0 aliphatic carbocycles. The summed E-state index contributed by atoms with van der Waals surface area (Å²) in [7, 11) is 0. The number of aliphatic carboxylic acids is 2. The Bertz CT molecular complexity index is 1460. The van der Waals surface area contributed by atoms with Gasteiger partial charge in [0.25, 0.3) is 5.69 Å². The molecule has 15 heteroatoms. The molecule has 1 heterocycles. The first-order valence-electron chi connectivity index (χ1n) is 18.1. The second-order valence-corrected chi connectivity index (χ2v) is 13.9. The van der Waals surface area contributed by atoms with E-state index in [0.29, 0.717) is 54.3 Å². The second kappa shape index (κ2) is 22.7. The van der Waals surface area contributed by atoms with Gasteiger partial charge in [0.2, 0.25) is 4.93 Å². The first-order valence-corrected chi connectivity index (χ1v) is 19.1. The van der Waals surface area contributed by atoms with Crippen LogP contribution in [0, 0.1) is 10.1 Å². The van der Waals surface area contributed by atoms with E-state index in [9.17, 15) is 34.4 Å². The Kier molecular flexibility index (Phi) is 19.3. The molecule has 0 amide bonds. The van der Waals surface area contributed by atoms with Crippen LogP contribution in [0.25, 0.3) is 0 Å². The fraction of sp³-hybridized carbons (Fsp3) is 0.622. The Morgan fingerprint density at radius 3 is 1.96 bits per heavy atom. The smallest absolute Gasteiger partial charge is 0.347 e. The molecule has 0 spiro atoms. The summed E-state index contributed by atoms with van der Waals surface area (Å²) in [6.45, 7) is 7.56. The van der Waals surface area contributed by atoms with E-state index >= 15 is 0 Å². The monoisotopic (exact) mass is 750 g/mol. The van der Waals surface area contributed by atoms with Crippen LogP contribution in [0.1, 0.15) is 123 Å². The topological polar surface area (TPSA) is 212 Å². The number of unbranched alkanes of at least 4 members (excludes halogenated alkanes) is 9. The molecular formula is C37H54N2O12S. The van der Waals surface area contributed by atoms with Gasteiger partial charge in [-0.15, -0.1) is 11.8 Å². The minimum absolute atomic E-state index is 0.0971. The lowest BCUT2D eigenvalue weighted by Gasteiger charge is -2.32. The number of carboxylic acid groups (broad SMARTS) is 2. The molecule has 0 saturated heterocycles. The molecule has 2 rings (SSSR count). The van der Waals surface area contributed by atoms with Crippen LogP contribution in [0.3, 0.4) is 0 Å². The minimum Gasteiger partial charge on any atom is -0.493 e. The lowest BCUT2D eigenvalue weighted by atomic mass is 9.79. The number of carbonyl (C=O) groups excluding carboxylic acids is 2. The number of nitro benzene ring substituents is 1. The second-order valence-electron chi connectivity index (χ2n) is 12.6. The van der Waals surface area contributed by atoms with Crippen LogP contribution in [-0.2, 0) is 28.7 Å². The van der Waals surface area contributed by atoms with Crippen molar-refractivity contribution in [2.24, 2.45) is 0 Å². The predicted octanol–water partition coefficient (Wildman–Crippen LogP) is 7.00. The van der Waals surface area contributed by atoms with Gasteiger partial charge in [0.1, 0.15) is 5.75 Å². The summed E-state index contributed by atoms with van der Waals surface area (Å²) in [6, 6.07) is 4.21. The highest BCUT2D eigenvalue weighted by molar-refractivity contribution is 8.01. The zero-order chi connectivity index (χ0) is 38.7. The van der Waals surface area contributed by atoms with Gasteiger partial charge in [0.05, 0.1) is 48.2 Å². The molecule has 0 saturated carbocycles. The van der Waals surface area contributed by atoms with Crippen LogP contribution >= 0.6 is 11.8 Å². The van der Waals surface area contributed by atoms with Crippen molar-refractivity contribution >= 4 is 41.3 Å². The van der Waals surface area contributed by atoms with Crippen molar-refractivity contribution in [3.63, 3.8) is 0 Å². The van der Waals surface area contributed by atoms with Crippen LogP contribution in [0.4, 0.5) is 5.69 Å². The number of carboxylic acids is 2. The molecule has 1 aliphatic heterocycles.